The molecule has 0 saturated carbocycles. The van der Waals surface area contributed by atoms with Crippen molar-refractivity contribution >= 4 is 17.2 Å². The highest BCUT2D eigenvalue weighted by Gasteiger charge is 2.17. The Kier molecular flexibility index (Phi) is 6.44. The van der Waals surface area contributed by atoms with Crippen LogP contribution in [0.3, 0.4) is 0 Å². The molecule has 0 unspecified atom stereocenters. The molecular weight excluding hydrogens is 360 g/mol. The summed E-state index contributed by atoms with van der Waals surface area (Å²) in [6.07, 6.45) is 2.04. The van der Waals surface area contributed by atoms with Crippen LogP contribution < -0.4 is 9.47 Å². The van der Waals surface area contributed by atoms with Gasteiger partial charge in [-0.15, -0.1) is 0 Å². The van der Waals surface area contributed by atoms with E-state index in [-0.39, 0.29) is 12.3 Å². The lowest BCUT2D eigenvalue weighted by Gasteiger charge is -2.22. The second-order valence-corrected chi connectivity index (χ2v) is 6.85. The van der Waals surface area contributed by atoms with Gasteiger partial charge in [-0.1, -0.05) is 12.1 Å². The average Bonchev–Trinajstić information content (AvgIpc) is 3.21. The molecule has 0 aliphatic carbocycles. The van der Waals surface area contributed by atoms with E-state index in [1.807, 2.05) is 52.7 Å². The van der Waals surface area contributed by atoms with E-state index in [1.54, 1.807) is 31.8 Å². The molecular formula is C21H22N2O3S. The van der Waals surface area contributed by atoms with Gasteiger partial charge in [0.15, 0.2) is 11.5 Å². The number of hydrogen-bond acceptors (Lipinski definition) is 5. The minimum Gasteiger partial charge on any atom is -0.493 e. The van der Waals surface area contributed by atoms with Gasteiger partial charge in [0.2, 0.25) is 5.91 Å². The molecule has 27 heavy (non-hydrogen) atoms. The van der Waals surface area contributed by atoms with Gasteiger partial charge < -0.3 is 14.4 Å². The van der Waals surface area contributed by atoms with Crippen LogP contribution in [0.5, 0.6) is 11.5 Å². The summed E-state index contributed by atoms with van der Waals surface area (Å²) in [5.74, 6) is 1.31. The molecule has 0 aliphatic heterocycles. The van der Waals surface area contributed by atoms with Crippen LogP contribution in [0.2, 0.25) is 0 Å². The molecule has 5 nitrogen and oxygen atoms in total. The summed E-state index contributed by atoms with van der Waals surface area (Å²) >= 11 is 1.63. The predicted octanol–water partition coefficient (Wildman–Crippen LogP) is 3.93. The molecule has 0 fully saturated rings. The van der Waals surface area contributed by atoms with Crippen molar-refractivity contribution in [3.8, 4) is 11.5 Å². The Balaban J connectivity index is 1.77. The van der Waals surface area contributed by atoms with Crippen LogP contribution in [0.1, 0.15) is 16.8 Å². The summed E-state index contributed by atoms with van der Waals surface area (Å²) in [7, 11) is 3.19. The molecule has 0 N–H and O–H groups in total. The number of thiophene rings is 1. The molecule has 0 bridgehead atoms. The first kappa shape index (κ1) is 18.9. The molecule has 6 heteroatoms. The quantitative estimate of drug-likeness (QED) is 0.592. The molecule has 0 radical (unpaired) electrons. The number of methoxy groups -OCH3 is 2. The van der Waals surface area contributed by atoms with Crippen molar-refractivity contribution in [1.29, 1.82) is 0 Å². The molecule has 3 rings (SSSR count). The van der Waals surface area contributed by atoms with Gasteiger partial charge in [0.25, 0.3) is 0 Å². The van der Waals surface area contributed by atoms with Crippen LogP contribution in [0.4, 0.5) is 0 Å². The van der Waals surface area contributed by atoms with Gasteiger partial charge in [0.05, 0.1) is 32.9 Å². The number of rotatable bonds is 8. The smallest absolute Gasteiger partial charge is 0.227 e. The normalized spacial score (nSPS) is 10.4. The van der Waals surface area contributed by atoms with E-state index in [2.05, 4.69) is 10.4 Å². The minimum atomic E-state index is 0.0408. The van der Waals surface area contributed by atoms with Crippen molar-refractivity contribution in [2.24, 2.45) is 0 Å². The van der Waals surface area contributed by atoms with Crippen LogP contribution >= 0.6 is 11.3 Å². The van der Waals surface area contributed by atoms with Crippen molar-refractivity contribution < 1.29 is 14.3 Å². The van der Waals surface area contributed by atoms with E-state index in [4.69, 9.17) is 9.47 Å². The maximum atomic E-state index is 13.0. The lowest BCUT2D eigenvalue weighted by atomic mass is 10.1. The predicted molar refractivity (Wildman–Crippen MR) is 106 cm³/mol. The monoisotopic (exact) mass is 382 g/mol. The van der Waals surface area contributed by atoms with Gasteiger partial charge in [-0.3, -0.25) is 9.78 Å². The number of amides is 1. The standard InChI is InChI=1S/C21H22N2O3S/c1-25-19-7-6-16(11-20(19)26-2)12-21(24)23(13-17-8-10-27-15-17)14-18-5-3-4-9-22-18/h3-11,15H,12-14H2,1-2H3. The second kappa shape index (κ2) is 9.19. The van der Waals surface area contributed by atoms with Crippen molar-refractivity contribution in [2.45, 2.75) is 19.5 Å². The molecule has 2 aromatic heterocycles. The Morgan fingerprint density at radius 3 is 2.56 bits per heavy atom. The Labute approximate surface area is 163 Å². The average molecular weight is 382 g/mol. The number of pyridine rings is 1. The first-order valence-corrected chi connectivity index (χ1v) is 9.53. The molecule has 0 saturated heterocycles. The molecule has 140 valence electrons. The Bertz CT molecular complexity index is 866. The molecule has 0 atom stereocenters. The maximum absolute atomic E-state index is 13.0. The third-order valence-electron chi connectivity index (χ3n) is 4.19. The molecule has 1 aromatic carbocycles. The molecule has 0 aliphatic rings. The second-order valence-electron chi connectivity index (χ2n) is 6.07. The first-order chi connectivity index (χ1) is 13.2. The number of nitrogens with zero attached hydrogens (tertiary/aromatic N) is 2. The summed E-state index contributed by atoms with van der Waals surface area (Å²) in [5, 5.41) is 4.09. The van der Waals surface area contributed by atoms with Crippen LogP contribution in [-0.4, -0.2) is 30.0 Å². The first-order valence-electron chi connectivity index (χ1n) is 8.59. The Morgan fingerprint density at radius 1 is 1.04 bits per heavy atom. The van der Waals surface area contributed by atoms with Crippen molar-refractivity contribution in [1.82, 2.24) is 9.88 Å². The van der Waals surface area contributed by atoms with E-state index in [1.165, 1.54) is 0 Å². The van der Waals surface area contributed by atoms with E-state index < -0.39 is 0 Å². The maximum Gasteiger partial charge on any atom is 0.227 e. The molecule has 1 amide bonds. The number of carbonyl (C=O) groups excluding carboxylic acids is 1. The minimum absolute atomic E-state index is 0.0408. The fourth-order valence-corrected chi connectivity index (χ4v) is 3.46. The van der Waals surface area contributed by atoms with Crippen LogP contribution in [0.25, 0.3) is 0 Å². The Morgan fingerprint density at radius 2 is 1.89 bits per heavy atom. The topological polar surface area (TPSA) is 51.7 Å². The van der Waals surface area contributed by atoms with Gasteiger partial charge in [-0.25, -0.2) is 0 Å². The van der Waals surface area contributed by atoms with Crippen LogP contribution in [0.15, 0.2) is 59.4 Å². The third kappa shape index (κ3) is 5.08. The fourth-order valence-electron chi connectivity index (χ4n) is 2.80. The highest BCUT2D eigenvalue weighted by molar-refractivity contribution is 7.07. The lowest BCUT2D eigenvalue weighted by Crippen LogP contribution is -2.31. The van der Waals surface area contributed by atoms with Gasteiger partial charge in [0.1, 0.15) is 0 Å². The summed E-state index contributed by atoms with van der Waals surface area (Å²) in [4.78, 5) is 19.2. The van der Waals surface area contributed by atoms with Gasteiger partial charge >= 0.3 is 0 Å². The summed E-state index contributed by atoms with van der Waals surface area (Å²) in [5.41, 5.74) is 2.87. The van der Waals surface area contributed by atoms with Crippen molar-refractivity contribution in [2.75, 3.05) is 14.2 Å². The summed E-state index contributed by atoms with van der Waals surface area (Å²) in [6, 6.07) is 13.3. The highest BCUT2D eigenvalue weighted by atomic mass is 32.1. The number of hydrogen-bond donors (Lipinski definition) is 0. The van der Waals surface area contributed by atoms with E-state index in [0.29, 0.717) is 24.6 Å². The van der Waals surface area contributed by atoms with E-state index in [9.17, 15) is 4.79 Å². The number of benzene rings is 1. The fraction of sp³-hybridized carbons (Fsp3) is 0.238. The highest BCUT2D eigenvalue weighted by Crippen LogP contribution is 2.28. The largest absolute Gasteiger partial charge is 0.493 e. The summed E-state index contributed by atoms with van der Waals surface area (Å²) < 4.78 is 10.6. The van der Waals surface area contributed by atoms with Gasteiger partial charge in [0, 0.05) is 12.7 Å². The van der Waals surface area contributed by atoms with Crippen molar-refractivity contribution in [3.05, 3.63) is 76.2 Å². The Hall–Kier alpha value is -2.86. The molecule has 0 spiro atoms. The van der Waals surface area contributed by atoms with Crippen LogP contribution in [0, 0.1) is 0 Å². The SMILES string of the molecule is COc1ccc(CC(=O)N(Cc2ccsc2)Cc2ccccn2)cc1OC. The van der Waals surface area contributed by atoms with Gasteiger partial charge in [-0.2, -0.15) is 11.3 Å². The van der Waals surface area contributed by atoms with E-state index >= 15 is 0 Å². The van der Waals surface area contributed by atoms with E-state index in [0.717, 1.165) is 16.8 Å². The lowest BCUT2D eigenvalue weighted by molar-refractivity contribution is -0.131. The molecule has 3 aromatic rings. The van der Waals surface area contributed by atoms with Crippen molar-refractivity contribution in [3.63, 3.8) is 0 Å². The number of aromatic nitrogens is 1. The molecule has 2 heterocycles. The van der Waals surface area contributed by atoms with Gasteiger partial charge in [-0.05, 0) is 52.2 Å². The zero-order chi connectivity index (χ0) is 19.1. The third-order valence-corrected chi connectivity index (χ3v) is 4.92. The zero-order valence-corrected chi connectivity index (χ0v) is 16.2. The number of ether oxygens (including phenoxy) is 2. The summed E-state index contributed by atoms with van der Waals surface area (Å²) in [6.45, 7) is 1.04. The van der Waals surface area contributed by atoms with Crippen LogP contribution in [-0.2, 0) is 24.3 Å². The number of carbonyl (C=O) groups is 1. The zero-order valence-electron chi connectivity index (χ0n) is 15.4.